The fraction of sp³-hybridized carbons (Fsp3) is 0.588. The molecule has 0 aromatic heterocycles. The first-order chi connectivity index (χ1) is 8.99. The molecule has 0 radical (unpaired) electrons. The average molecular weight is 259 g/mol. The molecule has 104 valence electrons. The smallest absolute Gasteiger partial charge is 0.152 e. The Balaban J connectivity index is 2.52. The van der Waals surface area contributed by atoms with Crippen LogP contribution in [0.5, 0.6) is 0 Å². The quantitative estimate of drug-likeness (QED) is 0.823. The Labute approximate surface area is 116 Å². The van der Waals surface area contributed by atoms with Crippen molar-refractivity contribution in [2.75, 3.05) is 11.4 Å². The van der Waals surface area contributed by atoms with E-state index >= 15 is 0 Å². The summed E-state index contributed by atoms with van der Waals surface area (Å²) in [7, 11) is 0. The maximum Gasteiger partial charge on any atom is 0.152 e. The molecular weight excluding hydrogens is 234 g/mol. The van der Waals surface area contributed by atoms with E-state index in [-0.39, 0.29) is 5.54 Å². The molecule has 0 unspecified atom stereocenters. The van der Waals surface area contributed by atoms with E-state index in [0.717, 1.165) is 25.7 Å². The third kappa shape index (κ3) is 2.68. The summed E-state index contributed by atoms with van der Waals surface area (Å²) in [6, 6.07) is 6.53. The Kier molecular flexibility index (Phi) is 3.98. The van der Waals surface area contributed by atoms with Gasteiger partial charge in [0.05, 0.1) is 6.54 Å². The first-order valence-corrected chi connectivity index (χ1v) is 7.39. The van der Waals surface area contributed by atoms with E-state index in [2.05, 4.69) is 50.8 Å². The van der Waals surface area contributed by atoms with E-state index in [1.54, 1.807) is 0 Å². The molecule has 0 amide bonds. The van der Waals surface area contributed by atoms with Crippen LogP contribution in [0.1, 0.15) is 51.7 Å². The Morgan fingerprint density at radius 1 is 1.16 bits per heavy atom. The van der Waals surface area contributed by atoms with E-state index in [1.165, 1.54) is 16.8 Å². The molecule has 1 saturated heterocycles. The largest absolute Gasteiger partial charge is 0.359 e. The van der Waals surface area contributed by atoms with Crippen molar-refractivity contribution < 1.29 is 4.79 Å². The van der Waals surface area contributed by atoms with Crippen LogP contribution in [0.2, 0.25) is 0 Å². The number of rotatable bonds is 3. The number of benzene rings is 1. The Hall–Kier alpha value is -1.31. The first kappa shape index (κ1) is 14.1. The predicted molar refractivity (Wildman–Crippen MR) is 80.9 cm³/mol. The summed E-state index contributed by atoms with van der Waals surface area (Å²) < 4.78 is 0. The van der Waals surface area contributed by atoms with Gasteiger partial charge in [-0.15, -0.1) is 0 Å². The number of hydrogen-bond donors (Lipinski definition) is 0. The average Bonchev–Trinajstić information content (AvgIpc) is 2.40. The number of hydrogen-bond acceptors (Lipinski definition) is 2. The van der Waals surface area contributed by atoms with Crippen LogP contribution in [-0.4, -0.2) is 17.9 Å². The van der Waals surface area contributed by atoms with Gasteiger partial charge in [-0.1, -0.05) is 32.0 Å². The molecule has 19 heavy (non-hydrogen) atoms. The number of carbonyl (C=O) groups is 1. The van der Waals surface area contributed by atoms with Crippen molar-refractivity contribution in [3.63, 3.8) is 0 Å². The molecule has 1 aromatic carbocycles. The van der Waals surface area contributed by atoms with Gasteiger partial charge in [0.1, 0.15) is 0 Å². The minimum Gasteiger partial charge on any atom is -0.359 e. The monoisotopic (exact) mass is 259 g/mol. The molecular formula is C17H25NO. The summed E-state index contributed by atoms with van der Waals surface area (Å²) in [5.74, 6) is 0.368. The van der Waals surface area contributed by atoms with E-state index in [1.807, 2.05) is 0 Å². The molecule has 1 aliphatic rings. The number of piperidine rings is 1. The molecule has 0 atom stereocenters. The zero-order chi connectivity index (χ0) is 14.0. The van der Waals surface area contributed by atoms with Gasteiger partial charge < -0.3 is 4.90 Å². The molecule has 0 bridgehead atoms. The minimum atomic E-state index is 0.0725. The summed E-state index contributed by atoms with van der Waals surface area (Å²) in [5, 5.41) is 0. The summed E-state index contributed by atoms with van der Waals surface area (Å²) in [4.78, 5) is 14.2. The van der Waals surface area contributed by atoms with Crippen molar-refractivity contribution in [1.29, 1.82) is 0 Å². The lowest BCUT2D eigenvalue weighted by Gasteiger charge is -2.45. The van der Waals surface area contributed by atoms with Gasteiger partial charge in [-0.05, 0) is 44.2 Å². The van der Waals surface area contributed by atoms with Crippen molar-refractivity contribution in [2.45, 2.75) is 58.9 Å². The maximum absolute atomic E-state index is 11.9. The van der Waals surface area contributed by atoms with E-state index in [4.69, 9.17) is 0 Å². The second kappa shape index (κ2) is 5.36. The highest BCUT2D eigenvalue weighted by Crippen LogP contribution is 2.36. The molecule has 0 N–H and O–H groups in total. The number of ketones is 1. The summed E-state index contributed by atoms with van der Waals surface area (Å²) in [5.41, 5.74) is 4.11. The minimum absolute atomic E-state index is 0.0725. The standard InChI is InChI=1S/C17H25NO/c1-5-13-8-7-9-14(6-2)16(13)18-12-15(19)10-11-17(18,3)4/h7-9H,5-6,10-12H2,1-4H3. The maximum atomic E-state index is 11.9. The molecule has 1 fully saturated rings. The second-order valence-corrected chi connectivity index (χ2v) is 6.07. The molecule has 1 aromatic rings. The Morgan fingerprint density at radius 3 is 2.26 bits per heavy atom. The molecule has 0 saturated carbocycles. The van der Waals surface area contributed by atoms with Crippen LogP contribution in [0.4, 0.5) is 5.69 Å². The Bertz CT molecular complexity index is 454. The van der Waals surface area contributed by atoms with Crippen LogP contribution in [0, 0.1) is 0 Å². The highest BCUT2D eigenvalue weighted by atomic mass is 16.1. The molecule has 0 spiro atoms. The van der Waals surface area contributed by atoms with Crippen LogP contribution in [0.3, 0.4) is 0 Å². The highest BCUT2D eigenvalue weighted by Gasteiger charge is 2.35. The SMILES string of the molecule is CCc1cccc(CC)c1N1CC(=O)CCC1(C)C. The van der Waals surface area contributed by atoms with Gasteiger partial charge in [-0.3, -0.25) is 4.79 Å². The molecule has 2 heteroatoms. The molecule has 1 heterocycles. The van der Waals surface area contributed by atoms with Crippen LogP contribution in [-0.2, 0) is 17.6 Å². The molecule has 2 rings (SSSR count). The lowest BCUT2D eigenvalue weighted by molar-refractivity contribution is -0.119. The van der Waals surface area contributed by atoms with Crippen LogP contribution in [0.25, 0.3) is 0 Å². The molecule has 0 aliphatic carbocycles. The van der Waals surface area contributed by atoms with Crippen LogP contribution < -0.4 is 4.90 Å². The third-order valence-electron chi connectivity index (χ3n) is 4.32. The zero-order valence-electron chi connectivity index (χ0n) is 12.6. The number of aryl methyl sites for hydroxylation is 2. The van der Waals surface area contributed by atoms with Crippen molar-refractivity contribution in [3.05, 3.63) is 29.3 Å². The normalized spacial score (nSPS) is 18.7. The van der Waals surface area contributed by atoms with Gasteiger partial charge in [0, 0.05) is 17.6 Å². The fourth-order valence-electron chi connectivity index (χ4n) is 2.99. The number of carbonyl (C=O) groups excluding carboxylic acids is 1. The van der Waals surface area contributed by atoms with Gasteiger partial charge in [-0.2, -0.15) is 0 Å². The third-order valence-corrected chi connectivity index (χ3v) is 4.32. The van der Waals surface area contributed by atoms with Gasteiger partial charge in [0.2, 0.25) is 0 Å². The zero-order valence-corrected chi connectivity index (χ0v) is 12.6. The highest BCUT2D eigenvalue weighted by molar-refractivity contribution is 5.86. The van der Waals surface area contributed by atoms with Crippen LogP contribution >= 0.6 is 0 Å². The van der Waals surface area contributed by atoms with Crippen molar-refractivity contribution >= 4 is 11.5 Å². The summed E-state index contributed by atoms with van der Waals surface area (Å²) in [6.45, 7) is 9.46. The predicted octanol–water partition coefficient (Wildman–Crippen LogP) is 3.76. The fourth-order valence-corrected chi connectivity index (χ4v) is 2.99. The number of para-hydroxylation sites is 1. The van der Waals surface area contributed by atoms with E-state index in [9.17, 15) is 4.79 Å². The van der Waals surface area contributed by atoms with Gasteiger partial charge in [0.25, 0.3) is 0 Å². The van der Waals surface area contributed by atoms with E-state index in [0.29, 0.717) is 12.3 Å². The van der Waals surface area contributed by atoms with Gasteiger partial charge >= 0.3 is 0 Å². The van der Waals surface area contributed by atoms with Gasteiger partial charge in [-0.25, -0.2) is 0 Å². The van der Waals surface area contributed by atoms with Crippen molar-refractivity contribution in [1.82, 2.24) is 0 Å². The number of anilines is 1. The first-order valence-electron chi connectivity index (χ1n) is 7.39. The summed E-state index contributed by atoms with van der Waals surface area (Å²) in [6.07, 6.45) is 3.71. The van der Waals surface area contributed by atoms with Crippen LogP contribution in [0.15, 0.2) is 18.2 Å². The van der Waals surface area contributed by atoms with Crippen molar-refractivity contribution in [3.8, 4) is 0 Å². The van der Waals surface area contributed by atoms with E-state index < -0.39 is 0 Å². The lowest BCUT2D eigenvalue weighted by Crippen LogP contribution is -2.51. The molecule has 1 aliphatic heterocycles. The number of Topliss-reactive ketones (excluding diaryl/α,β-unsaturated/α-hetero) is 1. The second-order valence-electron chi connectivity index (χ2n) is 6.07. The van der Waals surface area contributed by atoms with Gasteiger partial charge in [0.15, 0.2) is 5.78 Å². The lowest BCUT2D eigenvalue weighted by atomic mass is 9.87. The molecule has 2 nitrogen and oxygen atoms in total. The topological polar surface area (TPSA) is 20.3 Å². The summed E-state index contributed by atoms with van der Waals surface area (Å²) >= 11 is 0. The Morgan fingerprint density at radius 2 is 1.74 bits per heavy atom. The number of nitrogens with zero attached hydrogens (tertiary/aromatic N) is 1. The van der Waals surface area contributed by atoms with Crippen molar-refractivity contribution in [2.24, 2.45) is 0 Å².